The van der Waals surface area contributed by atoms with Crippen molar-refractivity contribution in [3.05, 3.63) is 35.4 Å². The molecule has 4 aliphatic carbocycles. The van der Waals surface area contributed by atoms with Crippen molar-refractivity contribution in [2.75, 3.05) is 6.61 Å². The molecule has 31 heavy (non-hydrogen) atoms. The van der Waals surface area contributed by atoms with Crippen LogP contribution in [0.3, 0.4) is 0 Å². The lowest BCUT2D eigenvalue weighted by Crippen LogP contribution is -2.59. The molecule has 0 aromatic heterocycles. The van der Waals surface area contributed by atoms with Gasteiger partial charge in [0.15, 0.2) is 0 Å². The third-order valence-electron chi connectivity index (χ3n) is 7.26. The topological polar surface area (TPSA) is 119 Å². The van der Waals surface area contributed by atoms with E-state index in [-0.39, 0.29) is 17.9 Å². The Morgan fingerprint density at radius 1 is 1.16 bits per heavy atom. The standard InChI is InChI=1S/C24H34N4O3/c1-2-6-31-23(29)20(13-14-4-3-5-17(8-14)22(25)26)27-24(30)28-21-18-9-15-7-16(11-18)12-19(21)10-15/h3-5,8,15-16,18-21H,2,6-7,9-13H2,1H3,(H3,25,26)(H2,27,28,30)/p+1. The number of nitrogens with one attached hydrogen (secondary N) is 2. The zero-order valence-corrected chi connectivity index (χ0v) is 18.3. The molecule has 0 spiro atoms. The molecule has 1 aromatic carbocycles. The van der Waals surface area contributed by atoms with E-state index in [0.717, 1.165) is 23.8 Å². The second-order valence-corrected chi connectivity index (χ2v) is 9.65. The fourth-order valence-electron chi connectivity index (χ4n) is 6.12. The second-order valence-electron chi connectivity index (χ2n) is 9.65. The fourth-order valence-corrected chi connectivity index (χ4v) is 6.12. The van der Waals surface area contributed by atoms with Crippen molar-refractivity contribution in [2.24, 2.45) is 29.4 Å². The highest BCUT2D eigenvalue weighted by Gasteiger charge is 2.48. The largest absolute Gasteiger partial charge is 0.464 e. The molecule has 7 heteroatoms. The summed E-state index contributed by atoms with van der Waals surface area (Å²) in [7, 11) is 0. The highest BCUT2D eigenvalue weighted by Crippen LogP contribution is 2.53. The van der Waals surface area contributed by atoms with Gasteiger partial charge in [0.1, 0.15) is 6.04 Å². The summed E-state index contributed by atoms with van der Waals surface area (Å²) in [6.07, 6.45) is 7.33. The normalized spacial score (nSPS) is 29.3. The molecule has 0 saturated heterocycles. The second kappa shape index (κ2) is 9.28. The van der Waals surface area contributed by atoms with Gasteiger partial charge in [0.25, 0.3) is 5.84 Å². The number of urea groups is 1. The third kappa shape index (κ3) is 5.02. The number of amides is 2. The number of hydrogen-bond donors (Lipinski definition) is 4. The Morgan fingerprint density at radius 2 is 1.84 bits per heavy atom. The monoisotopic (exact) mass is 427 g/mol. The van der Waals surface area contributed by atoms with Crippen LogP contribution in [-0.2, 0) is 16.0 Å². The minimum atomic E-state index is -0.766. The van der Waals surface area contributed by atoms with Crippen LogP contribution in [0.15, 0.2) is 24.3 Å². The van der Waals surface area contributed by atoms with E-state index in [1.54, 1.807) is 0 Å². The van der Waals surface area contributed by atoms with Crippen LogP contribution in [0.5, 0.6) is 0 Å². The van der Waals surface area contributed by atoms with Crippen LogP contribution in [0.4, 0.5) is 4.79 Å². The van der Waals surface area contributed by atoms with Crippen molar-refractivity contribution in [1.82, 2.24) is 10.6 Å². The average molecular weight is 428 g/mol. The van der Waals surface area contributed by atoms with E-state index < -0.39 is 12.0 Å². The molecule has 2 amide bonds. The third-order valence-corrected chi connectivity index (χ3v) is 7.26. The lowest BCUT2D eigenvalue weighted by molar-refractivity contribution is -0.145. The van der Waals surface area contributed by atoms with Gasteiger partial charge in [-0.25, -0.2) is 9.59 Å². The SMILES string of the molecule is CCCOC(=O)C(Cc1cccc(C(N)=[NH2+])c1)NC(=O)NC1C2CC3CC(C2)CC1C3. The highest BCUT2D eigenvalue weighted by molar-refractivity contribution is 5.92. The predicted octanol–water partition coefficient (Wildman–Crippen LogP) is 1.14. The minimum absolute atomic E-state index is 0.218. The molecule has 4 bridgehead atoms. The van der Waals surface area contributed by atoms with Crippen molar-refractivity contribution in [3.63, 3.8) is 0 Å². The van der Waals surface area contributed by atoms with Crippen LogP contribution in [0, 0.1) is 23.7 Å². The summed E-state index contributed by atoms with van der Waals surface area (Å²) in [5.74, 6) is 2.65. The van der Waals surface area contributed by atoms with Gasteiger partial charge in [-0.2, -0.15) is 0 Å². The maximum Gasteiger partial charge on any atom is 0.329 e. The molecule has 0 radical (unpaired) electrons. The zero-order valence-electron chi connectivity index (χ0n) is 18.3. The molecular formula is C24H35N4O3+. The van der Waals surface area contributed by atoms with Crippen LogP contribution in [0.2, 0.25) is 0 Å². The Kier molecular flexibility index (Phi) is 6.49. The Balaban J connectivity index is 1.41. The van der Waals surface area contributed by atoms with E-state index >= 15 is 0 Å². The highest BCUT2D eigenvalue weighted by atomic mass is 16.5. The van der Waals surface area contributed by atoms with Crippen LogP contribution in [-0.4, -0.2) is 36.5 Å². The van der Waals surface area contributed by atoms with E-state index in [4.69, 9.17) is 15.9 Å². The molecule has 4 saturated carbocycles. The van der Waals surface area contributed by atoms with Crippen molar-refractivity contribution < 1.29 is 19.7 Å². The molecular weight excluding hydrogens is 392 g/mol. The molecule has 5 rings (SSSR count). The summed E-state index contributed by atoms with van der Waals surface area (Å²) in [5, 5.41) is 11.8. The Bertz CT molecular complexity index is 812. The van der Waals surface area contributed by atoms with Gasteiger partial charge < -0.3 is 15.4 Å². The molecule has 7 nitrogen and oxygen atoms in total. The van der Waals surface area contributed by atoms with Gasteiger partial charge in [0.05, 0.1) is 12.2 Å². The summed E-state index contributed by atoms with van der Waals surface area (Å²) >= 11 is 0. The first-order valence-corrected chi connectivity index (χ1v) is 11.6. The molecule has 4 fully saturated rings. The van der Waals surface area contributed by atoms with Gasteiger partial charge in [-0.15, -0.1) is 0 Å². The lowest BCUT2D eigenvalue weighted by atomic mass is 9.54. The predicted molar refractivity (Wildman–Crippen MR) is 118 cm³/mol. The first-order valence-electron chi connectivity index (χ1n) is 11.6. The first kappa shape index (κ1) is 21.7. The molecule has 1 atom stereocenters. The maximum atomic E-state index is 12.9. The van der Waals surface area contributed by atoms with Crippen molar-refractivity contribution in [2.45, 2.75) is 64.0 Å². The molecule has 4 aliphatic rings. The van der Waals surface area contributed by atoms with Crippen LogP contribution >= 0.6 is 0 Å². The summed E-state index contributed by atoms with van der Waals surface area (Å²) < 4.78 is 5.35. The van der Waals surface area contributed by atoms with E-state index in [2.05, 4.69) is 10.6 Å². The molecule has 6 N–H and O–H groups in total. The maximum absolute atomic E-state index is 12.9. The van der Waals surface area contributed by atoms with E-state index in [0.29, 0.717) is 30.4 Å². The number of rotatable bonds is 8. The quantitative estimate of drug-likeness (QED) is 0.283. The van der Waals surface area contributed by atoms with Gasteiger partial charge in [-0.3, -0.25) is 11.1 Å². The summed E-state index contributed by atoms with van der Waals surface area (Å²) in [6, 6.07) is 6.56. The first-order chi connectivity index (χ1) is 14.9. The lowest BCUT2D eigenvalue weighted by Gasteiger charge is -2.54. The van der Waals surface area contributed by atoms with Crippen LogP contribution in [0.1, 0.15) is 56.6 Å². The van der Waals surface area contributed by atoms with Crippen molar-refractivity contribution in [1.29, 1.82) is 0 Å². The van der Waals surface area contributed by atoms with E-state index in [1.165, 1.54) is 32.1 Å². The molecule has 168 valence electrons. The number of ether oxygens (including phenoxy) is 1. The summed E-state index contributed by atoms with van der Waals surface area (Å²) in [6.45, 7) is 2.27. The molecule has 1 unspecified atom stereocenters. The van der Waals surface area contributed by atoms with Crippen LogP contribution < -0.4 is 21.8 Å². The number of hydrogen-bond acceptors (Lipinski definition) is 3. The number of esters is 1. The number of carbonyl (C=O) groups is 2. The van der Waals surface area contributed by atoms with Gasteiger partial charge in [0, 0.05) is 12.5 Å². The van der Waals surface area contributed by atoms with Gasteiger partial charge in [-0.1, -0.05) is 19.1 Å². The average Bonchev–Trinajstić information content (AvgIpc) is 2.73. The van der Waals surface area contributed by atoms with Gasteiger partial charge in [-0.05, 0) is 79.9 Å². The number of carbonyl (C=O) groups excluding carboxylic acids is 2. The van der Waals surface area contributed by atoms with Gasteiger partial charge >= 0.3 is 12.0 Å². The number of nitrogens with two attached hydrogens (primary N) is 2. The minimum Gasteiger partial charge on any atom is -0.464 e. The van der Waals surface area contributed by atoms with Gasteiger partial charge in [0.2, 0.25) is 0 Å². The van der Waals surface area contributed by atoms with E-state index in [1.807, 2.05) is 31.2 Å². The van der Waals surface area contributed by atoms with Crippen LogP contribution in [0.25, 0.3) is 0 Å². The Labute approximate surface area is 184 Å². The number of benzene rings is 1. The smallest absolute Gasteiger partial charge is 0.329 e. The Hall–Kier alpha value is -2.57. The number of amidine groups is 1. The van der Waals surface area contributed by atoms with Crippen molar-refractivity contribution >= 4 is 17.8 Å². The van der Waals surface area contributed by atoms with E-state index in [9.17, 15) is 9.59 Å². The zero-order chi connectivity index (χ0) is 22.0. The fraction of sp³-hybridized carbons (Fsp3) is 0.625. The van der Waals surface area contributed by atoms with Crippen molar-refractivity contribution in [3.8, 4) is 0 Å². The Morgan fingerprint density at radius 3 is 2.45 bits per heavy atom. The molecule has 0 aliphatic heterocycles. The molecule has 1 aromatic rings. The summed E-state index contributed by atoms with van der Waals surface area (Å²) in [4.78, 5) is 25.6. The molecule has 0 heterocycles. The summed E-state index contributed by atoms with van der Waals surface area (Å²) in [5.41, 5.74) is 7.27.